The van der Waals surface area contributed by atoms with Gasteiger partial charge in [0.15, 0.2) is 0 Å². The number of benzene rings is 4. The van der Waals surface area contributed by atoms with Gasteiger partial charge in [0.25, 0.3) is 0 Å². The van der Waals surface area contributed by atoms with Gasteiger partial charge in [-0.15, -0.1) is 0 Å². The molecule has 246 valence electrons. The fourth-order valence-corrected chi connectivity index (χ4v) is 6.72. The molecule has 10 heteroatoms. The molecule has 0 aliphatic heterocycles. The number of rotatable bonds is 4. The Kier molecular flexibility index (Phi) is 24.6. The van der Waals surface area contributed by atoms with Crippen LogP contribution in [0.5, 0.6) is 0 Å². The molecule has 0 fully saturated rings. The Morgan fingerprint density at radius 2 is 0.591 bits per heavy atom. The zero-order valence-electron chi connectivity index (χ0n) is 25.4. The quantitative estimate of drug-likeness (QED) is 0.0696. The molecule has 0 amide bonds. The van der Waals surface area contributed by atoms with Crippen LogP contribution in [0.15, 0.2) is 121 Å². The van der Waals surface area contributed by atoms with Crippen LogP contribution in [0.4, 0.5) is 0 Å². The first-order chi connectivity index (χ1) is 19.7. The van der Waals surface area contributed by atoms with Gasteiger partial charge in [-0.3, -0.25) is 0 Å². The Balaban J connectivity index is 0. The average molecular weight is 1060 g/mol. The molecule has 4 rings (SSSR count). The molecule has 2 radical (unpaired) electrons. The van der Waals surface area contributed by atoms with Gasteiger partial charge in [-0.2, -0.15) is 41.2 Å². The molecule has 0 unspecified atom stereocenters. The fraction of sp³-hybridized carbons (Fsp3) is 0.118. The van der Waals surface area contributed by atoms with Crippen LogP contribution in [0.25, 0.3) is 0 Å². The maximum Gasteiger partial charge on any atom is 0.0408 e. The molecule has 0 aromatic heterocycles. The van der Waals surface area contributed by atoms with Gasteiger partial charge in [0.05, 0.1) is 0 Å². The first kappa shape index (κ1) is 45.6. The maximum atomic E-state index is 4.56. The molecule has 0 heterocycles. The topological polar surface area (TPSA) is 6.48 Å². The van der Waals surface area contributed by atoms with E-state index in [-0.39, 0.29) is 44.8 Å². The summed E-state index contributed by atoms with van der Waals surface area (Å²) in [7, 11) is 4.02. The molecular weight excluding hydrogens is 1020 g/mol. The molecule has 2 nitrogen and oxygen atoms in total. The maximum absolute atomic E-state index is 4.56. The fourth-order valence-electron chi connectivity index (χ4n) is 3.15. The molecule has 0 atom stereocenters. The second-order valence-corrected chi connectivity index (χ2v) is 17.6. The molecule has 4 aromatic rings. The van der Waals surface area contributed by atoms with E-state index in [2.05, 4.69) is 125 Å². The van der Waals surface area contributed by atoms with Crippen molar-refractivity contribution < 1.29 is 44.8 Å². The predicted molar refractivity (Wildman–Crippen MR) is 207 cm³/mol. The second kappa shape index (κ2) is 23.7. The van der Waals surface area contributed by atoms with Crippen molar-refractivity contribution in [3.8, 4) is 0 Å². The standard InChI is InChI=1S/2C14H14P.2C3H7NS2.2Au/c2*1-15(2,13-9-5-3-6-10-13)14-11-7-4-8-12-14;2*1-4(2)3(5)6;;/h2*3-12H,1-2H2;2*1-2H3,(H,5,6);;/q2*-1;;;;/p-2. The summed E-state index contributed by atoms with van der Waals surface area (Å²) < 4.78 is 1.02. The number of nitrogens with zero attached hydrogens (tertiary/aromatic N) is 2. The van der Waals surface area contributed by atoms with E-state index < -0.39 is 14.5 Å². The van der Waals surface area contributed by atoms with Crippen molar-refractivity contribution in [2.24, 2.45) is 0 Å². The first-order valence-corrected chi connectivity index (χ1v) is 18.8. The summed E-state index contributed by atoms with van der Waals surface area (Å²) >= 11 is 18.2. The molecule has 0 saturated heterocycles. The second-order valence-electron chi connectivity index (χ2n) is 9.60. The van der Waals surface area contributed by atoms with Gasteiger partial charge >= 0.3 is 0 Å². The Morgan fingerprint density at radius 1 is 0.455 bits per heavy atom. The molecule has 4 aromatic carbocycles. The van der Waals surface area contributed by atoms with Crippen LogP contribution >= 0.6 is 39.0 Å². The van der Waals surface area contributed by atoms with Crippen molar-refractivity contribution in [2.45, 2.75) is 0 Å². The average Bonchev–Trinajstić information content (AvgIpc) is 3.00. The zero-order chi connectivity index (χ0) is 31.8. The van der Waals surface area contributed by atoms with Crippen molar-refractivity contribution in [3.63, 3.8) is 0 Å². The van der Waals surface area contributed by atoms with E-state index in [0.29, 0.717) is 8.64 Å². The van der Waals surface area contributed by atoms with E-state index in [1.807, 2.05) is 101 Å². The van der Waals surface area contributed by atoms with E-state index in [4.69, 9.17) is 0 Å². The Bertz CT molecular complexity index is 1140. The number of thiocarbonyl (C=S) groups is 2. The Hall–Kier alpha value is -0.559. The van der Waals surface area contributed by atoms with Gasteiger partial charge in [-0.25, -0.2) is 0 Å². The Morgan fingerprint density at radius 3 is 0.705 bits per heavy atom. The van der Waals surface area contributed by atoms with Crippen LogP contribution < -0.4 is 21.2 Å². The van der Waals surface area contributed by atoms with Crippen molar-refractivity contribution in [3.05, 3.63) is 148 Å². The summed E-state index contributed by atoms with van der Waals surface area (Å²) in [4.78, 5) is 3.43. The van der Waals surface area contributed by atoms with E-state index in [1.54, 1.807) is 9.80 Å². The summed E-state index contributed by atoms with van der Waals surface area (Å²) in [6.45, 7) is 17.2. The van der Waals surface area contributed by atoms with Gasteiger partial charge in [0, 0.05) is 94.2 Å². The monoisotopic (exact) mass is 1060 g/mol. The summed E-state index contributed by atoms with van der Waals surface area (Å²) in [5.74, 6) is 0. The zero-order valence-corrected chi connectivity index (χ0v) is 34.8. The third kappa shape index (κ3) is 16.8. The molecule has 0 spiro atoms. The molecule has 0 saturated carbocycles. The molecule has 0 N–H and O–H groups in total. The van der Waals surface area contributed by atoms with Crippen molar-refractivity contribution in [1.82, 2.24) is 9.80 Å². The van der Waals surface area contributed by atoms with Gasteiger partial charge in [0.2, 0.25) is 0 Å². The summed E-state index contributed by atoms with van der Waals surface area (Å²) in [6, 6.07) is 41.3. The van der Waals surface area contributed by atoms with E-state index in [0.717, 1.165) is 0 Å². The largest absolute Gasteiger partial charge is 0.411 e. The predicted octanol–water partition coefficient (Wildman–Crippen LogP) is 7.23. The minimum absolute atomic E-state index is 0. The Labute approximate surface area is 321 Å². The molecular formula is C34H40Au2N2P2S4-4. The SMILES string of the molecule is CN(C)C(=S)[S-].CN(C)C(=S)[S-].[Au].[Au].[CH2-][P+]([CH2-])(c1ccccc1)c1ccccc1.[CH2-][P+]([CH2-])(c1ccccc1)c1ccccc1. The summed E-state index contributed by atoms with van der Waals surface area (Å²) in [5.41, 5.74) is 0. The van der Waals surface area contributed by atoms with Gasteiger partial charge in [0.1, 0.15) is 0 Å². The normalized spacial score (nSPS) is 9.82. The minimum atomic E-state index is -1.65. The minimum Gasteiger partial charge on any atom is -0.411 e. The van der Waals surface area contributed by atoms with Crippen LogP contribution in [0.3, 0.4) is 0 Å². The van der Waals surface area contributed by atoms with E-state index in [1.165, 1.54) is 21.2 Å². The smallest absolute Gasteiger partial charge is 0.0408 e. The van der Waals surface area contributed by atoms with Crippen molar-refractivity contribution in [2.75, 3.05) is 28.2 Å². The number of hydrogen-bond acceptors (Lipinski definition) is 4. The number of hydrogen-bond donors (Lipinski definition) is 0. The van der Waals surface area contributed by atoms with Gasteiger partial charge < -0.3 is 59.5 Å². The van der Waals surface area contributed by atoms with Crippen LogP contribution in [0.1, 0.15) is 0 Å². The molecule has 44 heavy (non-hydrogen) atoms. The molecule has 0 aliphatic carbocycles. The van der Waals surface area contributed by atoms with Gasteiger partial charge in [-0.1, -0.05) is 81.4 Å². The van der Waals surface area contributed by atoms with E-state index in [9.17, 15) is 0 Å². The summed E-state index contributed by atoms with van der Waals surface area (Å²) in [5, 5.41) is 4.99. The van der Waals surface area contributed by atoms with Crippen molar-refractivity contribution >= 4 is 94.1 Å². The summed E-state index contributed by atoms with van der Waals surface area (Å²) in [6.07, 6.45) is 0. The van der Waals surface area contributed by atoms with Crippen LogP contribution in [-0.4, -0.2) is 46.6 Å². The van der Waals surface area contributed by atoms with Crippen molar-refractivity contribution in [1.29, 1.82) is 0 Å². The van der Waals surface area contributed by atoms with Gasteiger partial charge in [-0.05, 0) is 48.5 Å². The van der Waals surface area contributed by atoms with Crippen LogP contribution in [0, 0.1) is 26.7 Å². The molecule has 0 aliphatic rings. The third-order valence-corrected chi connectivity index (χ3v) is 12.3. The first-order valence-electron chi connectivity index (χ1n) is 12.9. The van der Waals surface area contributed by atoms with Crippen LogP contribution in [-0.2, 0) is 70.0 Å². The van der Waals surface area contributed by atoms with Crippen LogP contribution in [0.2, 0.25) is 0 Å². The van der Waals surface area contributed by atoms with E-state index >= 15 is 0 Å². The molecule has 0 bridgehead atoms. The third-order valence-electron chi connectivity index (χ3n) is 5.73.